The van der Waals surface area contributed by atoms with Crippen LogP contribution < -0.4 is 0 Å². The van der Waals surface area contributed by atoms with Crippen LogP contribution in [0.25, 0.3) is 10.9 Å². The monoisotopic (exact) mass is 230 g/mol. The molecule has 92 valence electrons. The van der Waals surface area contributed by atoms with Gasteiger partial charge in [-0.15, -0.1) is 0 Å². The fourth-order valence-electron chi connectivity index (χ4n) is 2.13. The largest absolute Gasteiger partial charge is 0.365 e. The van der Waals surface area contributed by atoms with E-state index in [0.717, 1.165) is 5.52 Å². The SMILES string of the molecule is CC(C)(C)c1cc2c[nH]cc2nc1C(C)(C)C. The average Bonchev–Trinajstić information content (AvgIpc) is 2.59. The van der Waals surface area contributed by atoms with Crippen molar-refractivity contribution in [1.29, 1.82) is 0 Å². The van der Waals surface area contributed by atoms with Crippen LogP contribution in [0.15, 0.2) is 18.5 Å². The van der Waals surface area contributed by atoms with Crippen LogP contribution in [-0.2, 0) is 10.8 Å². The Hall–Kier alpha value is -1.31. The van der Waals surface area contributed by atoms with Gasteiger partial charge >= 0.3 is 0 Å². The highest BCUT2D eigenvalue weighted by molar-refractivity contribution is 5.79. The van der Waals surface area contributed by atoms with Crippen LogP contribution >= 0.6 is 0 Å². The lowest BCUT2D eigenvalue weighted by molar-refractivity contribution is 0.517. The molecule has 0 radical (unpaired) electrons. The van der Waals surface area contributed by atoms with E-state index < -0.39 is 0 Å². The van der Waals surface area contributed by atoms with Gasteiger partial charge in [0.2, 0.25) is 0 Å². The Morgan fingerprint density at radius 3 is 2.12 bits per heavy atom. The predicted octanol–water partition coefficient (Wildman–Crippen LogP) is 4.16. The van der Waals surface area contributed by atoms with E-state index in [0.29, 0.717) is 0 Å². The van der Waals surface area contributed by atoms with E-state index in [1.165, 1.54) is 16.6 Å². The first-order chi connectivity index (χ1) is 7.69. The highest BCUT2D eigenvalue weighted by atomic mass is 14.8. The van der Waals surface area contributed by atoms with Gasteiger partial charge in [-0.2, -0.15) is 0 Å². The van der Waals surface area contributed by atoms with Gasteiger partial charge in [0.15, 0.2) is 0 Å². The molecule has 2 rings (SSSR count). The number of nitrogens with zero attached hydrogens (tertiary/aromatic N) is 1. The Balaban J connectivity index is 2.78. The van der Waals surface area contributed by atoms with E-state index in [1.807, 2.05) is 12.4 Å². The van der Waals surface area contributed by atoms with Gasteiger partial charge in [-0.05, 0) is 17.0 Å². The van der Waals surface area contributed by atoms with Crippen LogP contribution in [0.5, 0.6) is 0 Å². The van der Waals surface area contributed by atoms with Gasteiger partial charge in [0.25, 0.3) is 0 Å². The number of hydrogen-bond donors (Lipinski definition) is 1. The summed E-state index contributed by atoms with van der Waals surface area (Å²) >= 11 is 0. The fraction of sp³-hybridized carbons (Fsp3) is 0.533. The van der Waals surface area contributed by atoms with E-state index in [2.05, 4.69) is 52.6 Å². The molecule has 0 spiro atoms. The van der Waals surface area contributed by atoms with Crippen molar-refractivity contribution in [1.82, 2.24) is 9.97 Å². The molecule has 0 bridgehead atoms. The Morgan fingerprint density at radius 2 is 1.59 bits per heavy atom. The normalized spacial score (nSPS) is 13.3. The zero-order chi connectivity index (χ0) is 12.8. The number of fused-ring (bicyclic) bond motifs is 1. The van der Waals surface area contributed by atoms with E-state index >= 15 is 0 Å². The molecule has 2 heterocycles. The van der Waals surface area contributed by atoms with Crippen molar-refractivity contribution in [3.8, 4) is 0 Å². The summed E-state index contributed by atoms with van der Waals surface area (Å²) in [6, 6.07) is 2.28. The van der Waals surface area contributed by atoms with Gasteiger partial charge in [-0.3, -0.25) is 4.98 Å². The number of hydrogen-bond acceptors (Lipinski definition) is 1. The maximum absolute atomic E-state index is 4.84. The zero-order valence-corrected chi connectivity index (χ0v) is 11.7. The number of pyridine rings is 1. The third-order valence-corrected chi connectivity index (χ3v) is 3.06. The van der Waals surface area contributed by atoms with E-state index in [-0.39, 0.29) is 10.8 Å². The van der Waals surface area contributed by atoms with Crippen LogP contribution in [-0.4, -0.2) is 9.97 Å². The predicted molar refractivity (Wildman–Crippen MR) is 73.5 cm³/mol. The summed E-state index contributed by atoms with van der Waals surface area (Å²) in [5.41, 5.74) is 3.81. The van der Waals surface area contributed by atoms with Gasteiger partial charge in [-0.25, -0.2) is 0 Å². The van der Waals surface area contributed by atoms with E-state index in [9.17, 15) is 0 Å². The number of rotatable bonds is 0. The van der Waals surface area contributed by atoms with Crippen molar-refractivity contribution >= 4 is 10.9 Å². The summed E-state index contributed by atoms with van der Waals surface area (Å²) in [4.78, 5) is 7.97. The lowest BCUT2D eigenvalue weighted by Gasteiger charge is -2.28. The molecule has 2 aromatic rings. The summed E-state index contributed by atoms with van der Waals surface area (Å²) in [6.07, 6.45) is 3.99. The summed E-state index contributed by atoms with van der Waals surface area (Å²) in [5.74, 6) is 0. The highest BCUT2D eigenvalue weighted by Crippen LogP contribution is 2.34. The van der Waals surface area contributed by atoms with Crippen molar-refractivity contribution in [2.45, 2.75) is 52.4 Å². The molecule has 2 heteroatoms. The molecule has 0 saturated carbocycles. The Bertz CT molecular complexity index is 488. The smallest absolute Gasteiger partial charge is 0.0880 e. The molecule has 0 unspecified atom stereocenters. The molecule has 0 saturated heterocycles. The molecule has 1 N–H and O–H groups in total. The summed E-state index contributed by atoms with van der Waals surface area (Å²) in [6.45, 7) is 13.4. The Kier molecular flexibility index (Phi) is 2.57. The molecule has 17 heavy (non-hydrogen) atoms. The minimum Gasteiger partial charge on any atom is -0.365 e. The summed E-state index contributed by atoms with van der Waals surface area (Å²) < 4.78 is 0. The second kappa shape index (κ2) is 3.59. The maximum atomic E-state index is 4.84. The number of H-pyrrole nitrogens is 1. The van der Waals surface area contributed by atoms with Crippen molar-refractivity contribution in [2.24, 2.45) is 0 Å². The minimum atomic E-state index is 0.0775. The Labute approximate surface area is 103 Å². The molecule has 2 nitrogen and oxygen atoms in total. The standard InChI is InChI=1S/C15H22N2/c1-14(2,3)11-7-10-8-16-9-12(10)17-13(11)15(4,5)6/h7-9,16H,1-6H3. The summed E-state index contributed by atoms with van der Waals surface area (Å²) in [7, 11) is 0. The second-order valence-corrected chi connectivity index (χ2v) is 6.81. The van der Waals surface area contributed by atoms with Gasteiger partial charge < -0.3 is 4.98 Å². The molecule has 0 amide bonds. The van der Waals surface area contributed by atoms with Crippen LogP contribution in [0.1, 0.15) is 52.8 Å². The first-order valence-electron chi connectivity index (χ1n) is 6.18. The highest BCUT2D eigenvalue weighted by Gasteiger charge is 2.27. The zero-order valence-electron chi connectivity index (χ0n) is 11.7. The molecular formula is C15H22N2. The summed E-state index contributed by atoms with van der Waals surface area (Å²) in [5, 5.41) is 1.20. The minimum absolute atomic E-state index is 0.0775. The fourth-order valence-corrected chi connectivity index (χ4v) is 2.13. The second-order valence-electron chi connectivity index (χ2n) is 6.81. The van der Waals surface area contributed by atoms with Gasteiger partial charge in [-0.1, -0.05) is 41.5 Å². The van der Waals surface area contributed by atoms with E-state index in [4.69, 9.17) is 4.98 Å². The first kappa shape index (κ1) is 12.2. The third kappa shape index (κ3) is 2.21. The van der Waals surface area contributed by atoms with Crippen LogP contribution in [0.4, 0.5) is 0 Å². The lowest BCUT2D eigenvalue weighted by Crippen LogP contribution is -2.23. The topological polar surface area (TPSA) is 28.7 Å². The number of aromatic amines is 1. The quantitative estimate of drug-likeness (QED) is 0.723. The first-order valence-corrected chi connectivity index (χ1v) is 6.18. The Morgan fingerprint density at radius 1 is 0.941 bits per heavy atom. The average molecular weight is 230 g/mol. The molecule has 0 atom stereocenters. The van der Waals surface area contributed by atoms with Gasteiger partial charge in [0, 0.05) is 23.2 Å². The van der Waals surface area contributed by atoms with Crippen molar-refractivity contribution in [3.63, 3.8) is 0 Å². The number of nitrogens with one attached hydrogen (secondary N) is 1. The van der Waals surface area contributed by atoms with Gasteiger partial charge in [0.05, 0.1) is 11.2 Å². The number of aromatic nitrogens is 2. The molecule has 0 aliphatic rings. The van der Waals surface area contributed by atoms with Gasteiger partial charge in [0.1, 0.15) is 0 Å². The molecule has 0 fully saturated rings. The van der Waals surface area contributed by atoms with Crippen molar-refractivity contribution < 1.29 is 0 Å². The maximum Gasteiger partial charge on any atom is 0.0880 e. The van der Waals surface area contributed by atoms with Crippen LogP contribution in [0, 0.1) is 0 Å². The van der Waals surface area contributed by atoms with Crippen LogP contribution in [0.3, 0.4) is 0 Å². The van der Waals surface area contributed by atoms with Crippen molar-refractivity contribution in [3.05, 3.63) is 29.7 Å². The molecule has 0 aromatic carbocycles. The van der Waals surface area contributed by atoms with Crippen LogP contribution in [0.2, 0.25) is 0 Å². The van der Waals surface area contributed by atoms with E-state index in [1.54, 1.807) is 0 Å². The van der Waals surface area contributed by atoms with Crippen molar-refractivity contribution in [2.75, 3.05) is 0 Å². The molecule has 0 aliphatic heterocycles. The molecule has 0 aliphatic carbocycles. The lowest BCUT2D eigenvalue weighted by atomic mass is 9.78. The third-order valence-electron chi connectivity index (χ3n) is 3.06. The molecule has 2 aromatic heterocycles. The molecular weight excluding hydrogens is 208 g/mol.